The van der Waals surface area contributed by atoms with E-state index in [-0.39, 0.29) is 37.9 Å². The van der Waals surface area contributed by atoms with Gasteiger partial charge in [0.1, 0.15) is 0 Å². The normalized spacial score (nSPS) is 28.7. The Labute approximate surface area is 737 Å². The number of hydrogen-bond acceptors (Lipinski definition) is 2. The van der Waals surface area contributed by atoms with Crippen LogP contribution < -0.4 is 9.80 Å². The lowest BCUT2D eigenvalue weighted by Gasteiger charge is -2.58. The summed E-state index contributed by atoms with van der Waals surface area (Å²) in [6.45, 7) is 29.5. The monoisotopic (exact) mass is 1620 g/mol. The highest BCUT2D eigenvalue weighted by atomic mass is 15.2. The molecule has 12 aromatic carbocycles. The first kappa shape index (κ1) is 79.0. The first-order chi connectivity index (χ1) is 59.1. The van der Waals surface area contributed by atoms with E-state index >= 15 is 0 Å². The third kappa shape index (κ3) is 13.9. The predicted molar refractivity (Wildman–Crippen MR) is 523 cm³/mol. The smallest absolute Gasteiger partial charge is 0.0619 e. The van der Waals surface area contributed by atoms with Crippen molar-refractivity contribution in [3.8, 4) is 33.4 Å². The molecule has 0 amide bonds. The van der Waals surface area contributed by atoms with Gasteiger partial charge in [-0.25, -0.2) is 0 Å². The Morgan fingerprint density at radius 2 is 0.569 bits per heavy atom. The van der Waals surface area contributed by atoms with Crippen LogP contribution in [0.3, 0.4) is 0 Å². The molecule has 0 heterocycles. The molecule has 2 nitrogen and oxygen atoms in total. The van der Waals surface area contributed by atoms with E-state index in [0.717, 1.165) is 77.4 Å². The van der Waals surface area contributed by atoms with Crippen LogP contribution in [-0.2, 0) is 44.3 Å². The molecule has 14 bridgehead atoms. The van der Waals surface area contributed by atoms with E-state index < -0.39 is 0 Å². The third-order valence-electron chi connectivity index (χ3n) is 35.1. The Hall–Kier alpha value is -8.72. The highest BCUT2D eigenvalue weighted by Gasteiger charge is 2.56. The van der Waals surface area contributed by atoms with Gasteiger partial charge in [-0.05, 0) is 417 Å². The highest BCUT2D eigenvalue weighted by molar-refractivity contribution is 6.31. The molecule has 26 rings (SSSR count). The maximum atomic E-state index is 2.93. The van der Waals surface area contributed by atoms with E-state index in [1.807, 2.05) is 0 Å². The molecular weight excluding hydrogens is 1480 g/mol. The van der Waals surface area contributed by atoms with Crippen LogP contribution in [0.1, 0.15) is 288 Å². The number of aryl methyl sites for hydroxylation is 1. The fraction of sp³-hybridized carbons (Fsp3) is 0.471. The van der Waals surface area contributed by atoms with Crippen molar-refractivity contribution < 1.29 is 0 Å². The Morgan fingerprint density at radius 1 is 0.260 bits per heavy atom. The molecule has 14 aliphatic rings. The SMILES string of the molecule is CC(C)(C)c1cc(N(c2cc(C34CC5CC(CC(C5)C3)C4)cc(C34CC5CC(CC(C5)C3)C4)c2)c2c3ccccc3c(-c3c4ccccc4c(N(c4cc(C(C)(C)C)cc(C(C)(C)C)c4)c4cc(CCC5CC6CCC[C@H](C6)C5)cc(C56CC7CC(CC(C7)C5)C6)c4)c4cc(-c5ccccc5)ccc34)c3cc(-c4ccccc4)ccc23)cc(C(C)(C)C)c1. The molecule has 630 valence electrons. The molecule has 14 saturated carbocycles. The summed E-state index contributed by atoms with van der Waals surface area (Å²) in [6, 6.07) is 90.9. The summed E-state index contributed by atoms with van der Waals surface area (Å²) in [5.74, 6) is 10.1. The highest BCUT2D eigenvalue weighted by Crippen LogP contribution is 2.67. The maximum Gasteiger partial charge on any atom is 0.0619 e. The van der Waals surface area contributed by atoms with E-state index in [9.17, 15) is 0 Å². The second-order valence-corrected chi connectivity index (χ2v) is 48.0. The van der Waals surface area contributed by atoms with Crippen LogP contribution in [0.15, 0.2) is 218 Å². The average molecular weight is 1620 g/mol. The first-order valence-electron chi connectivity index (χ1n) is 49.5. The minimum Gasteiger partial charge on any atom is -0.309 e. The minimum atomic E-state index is -0.124. The Bertz CT molecular complexity index is 5910. The lowest BCUT2D eigenvalue weighted by atomic mass is 9.46. The van der Waals surface area contributed by atoms with Crippen LogP contribution in [-0.4, -0.2) is 0 Å². The van der Waals surface area contributed by atoms with E-state index in [4.69, 9.17) is 0 Å². The van der Waals surface area contributed by atoms with Crippen LogP contribution in [0.25, 0.3) is 76.5 Å². The van der Waals surface area contributed by atoms with Gasteiger partial charge >= 0.3 is 0 Å². The van der Waals surface area contributed by atoms with E-state index in [1.165, 1.54) is 293 Å². The van der Waals surface area contributed by atoms with Crippen LogP contribution in [0.2, 0.25) is 0 Å². The summed E-state index contributed by atoms with van der Waals surface area (Å²) in [5.41, 5.74) is 27.6. The van der Waals surface area contributed by atoms with Gasteiger partial charge in [0.25, 0.3) is 0 Å². The number of rotatable bonds is 15. The molecule has 0 saturated heterocycles. The number of fused-ring (bicyclic) bond motifs is 6. The summed E-state index contributed by atoms with van der Waals surface area (Å²) < 4.78 is 0. The van der Waals surface area contributed by atoms with Gasteiger partial charge in [-0.2, -0.15) is 0 Å². The fourth-order valence-corrected chi connectivity index (χ4v) is 30.5. The summed E-state index contributed by atoms with van der Waals surface area (Å²) in [5, 5.41) is 10.3. The van der Waals surface area contributed by atoms with E-state index in [2.05, 4.69) is 311 Å². The third-order valence-corrected chi connectivity index (χ3v) is 35.1. The van der Waals surface area contributed by atoms with Crippen molar-refractivity contribution in [2.45, 2.75) is 288 Å². The molecule has 2 unspecified atom stereocenters. The molecule has 0 spiro atoms. The molecule has 14 aliphatic carbocycles. The van der Waals surface area contributed by atoms with Gasteiger partial charge in [-0.15, -0.1) is 0 Å². The van der Waals surface area contributed by atoms with Gasteiger partial charge in [-0.3, -0.25) is 0 Å². The summed E-state index contributed by atoms with van der Waals surface area (Å²) in [6.07, 6.45) is 36.1. The molecular formula is C121H136N2. The van der Waals surface area contributed by atoms with E-state index in [1.54, 1.807) is 22.3 Å². The molecule has 12 aromatic rings. The molecule has 0 aromatic heterocycles. The number of benzene rings is 12. The fourth-order valence-electron chi connectivity index (χ4n) is 30.5. The van der Waals surface area contributed by atoms with Gasteiger partial charge in [0.2, 0.25) is 0 Å². The Balaban J connectivity index is 0.826. The van der Waals surface area contributed by atoms with Crippen molar-refractivity contribution in [1.29, 1.82) is 0 Å². The van der Waals surface area contributed by atoms with Gasteiger partial charge in [0.15, 0.2) is 0 Å². The standard InChI is InChI=1S/C121H136N2/c1-115(2,3)92-56-93(116(4,5)6)60-100(59-92)122(99-53-78(35-34-77-41-75-24-23-25-76(40-75)42-77)52-96(63-99)119-66-79-43-80(67-119)45-81(44-79)68-119)114-107-33-22-19-30-103(107)111(105-38-36-91(55-110(105)114)89-28-17-14-18-29-89)112-104-31-20-21-32-106(104)113(108-39-37-90(54-109(108)112)88-26-15-13-16-27-88)123(101-61-94(117(7,8)9)57-95(62-101)118(10,11)12)102-64-97(120-69-82-46-83(70-120)48-84(47-82)71-120)58-98(65-102)121-72-85-49-86(73-121)51-87(50-85)74-121/h13-22,26-33,36-39,52-65,75-77,79-87H,23-25,34-35,40-51,66-74H2,1-12H3/t75-,76?,77?,79?,80?,81?,82?,83?,84?,85?,86?,87?,119?,120?,121?/m1/s1. The van der Waals surface area contributed by atoms with Crippen LogP contribution in [0, 0.1) is 71.0 Å². The molecule has 123 heavy (non-hydrogen) atoms. The van der Waals surface area contributed by atoms with Crippen molar-refractivity contribution in [3.05, 3.63) is 263 Å². The lowest BCUT2D eigenvalue weighted by molar-refractivity contribution is -0.00833. The lowest BCUT2D eigenvalue weighted by Crippen LogP contribution is -2.50. The van der Waals surface area contributed by atoms with Crippen LogP contribution >= 0.6 is 0 Å². The van der Waals surface area contributed by atoms with Crippen molar-refractivity contribution in [2.24, 2.45) is 71.0 Å². The summed E-state index contributed by atoms with van der Waals surface area (Å²) >= 11 is 0. The zero-order valence-corrected chi connectivity index (χ0v) is 76.5. The predicted octanol–water partition coefficient (Wildman–Crippen LogP) is 34.0. The largest absolute Gasteiger partial charge is 0.309 e. The van der Waals surface area contributed by atoms with Gasteiger partial charge in [-0.1, -0.05) is 260 Å². The van der Waals surface area contributed by atoms with Crippen molar-refractivity contribution in [3.63, 3.8) is 0 Å². The second kappa shape index (κ2) is 29.2. The quantitative estimate of drug-likeness (QED) is 0.0944. The van der Waals surface area contributed by atoms with Crippen molar-refractivity contribution in [2.75, 3.05) is 9.80 Å². The zero-order chi connectivity index (χ0) is 83.6. The molecule has 0 aliphatic heterocycles. The summed E-state index contributed by atoms with van der Waals surface area (Å²) in [4.78, 5) is 5.81. The molecule has 2 heteroatoms. The molecule has 3 atom stereocenters. The number of nitrogens with zero attached hydrogens (tertiary/aromatic N) is 2. The molecule has 0 N–H and O–H groups in total. The summed E-state index contributed by atoms with van der Waals surface area (Å²) in [7, 11) is 0. The Morgan fingerprint density at radius 3 is 0.967 bits per heavy atom. The van der Waals surface area contributed by atoms with Gasteiger partial charge < -0.3 is 9.80 Å². The van der Waals surface area contributed by atoms with Gasteiger partial charge in [0.05, 0.1) is 11.4 Å². The van der Waals surface area contributed by atoms with Gasteiger partial charge in [0, 0.05) is 44.3 Å². The number of anilines is 6. The maximum absolute atomic E-state index is 2.93. The molecule has 0 radical (unpaired) electrons. The number of hydrogen-bond donors (Lipinski definition) is 0. The van der Waals surface area contributed by atoms with Crippen LogP contribution in [0.5, 0.6) is 0 Å². The molecule has 14 fully saturated rings. The van der Waals surface area contributed by atoms with Crippen LogP contribution in [0.4, 0.5) is 34.1 Å². The first-order valence-corrected chi connectivity index (χ1v) is 49.5. The van der Waals surface area contributed by atoms with E-state index in [0.29, 0.717) is 0 Å². The second-order valence-electron chi connectivity index (χ2n) is 48.0. The zero-order valence-electron chi connectivity index (χ0n) is 76.5. The van der Waals surface area contributed by atoms with Crippen molar-refractivity contribution in [1.82, 2.24) is 0 Å². The average Bonchev–Trinajstić information content (AvgIpc) is 0.705. The Kier molecular flexibility index (Phi) is 18.7. The van der Waals surface area contributed by atoms with Crippen molar-refractivity contribution >= 4 is 77.2 Å². The topological polar surface area (TPSA) is 6.48 Å². The minimum absolute atomic E-state index is 0.118.